The van der Waals surface area contributed by atoms with Crippen molar-refractivity contribution in [3.8, 4) is 11.8 Å². The highest BCUT2D eigenvalue weighted by Gasteiger charge is 2.39. The Bertz CT molecular complexity index is 894. The van der Waals surface area contributed by atoms with Gasteiger partial charge in [-0.3, -0.25) is 4.79 Å². The molecule has 0 aromatic heterocycles. The molecule has 1 fully saturated rings. The molecule has 0 saturated carbocycles. The van der Waals surface area contributed by atoms with E-state index < -0.39 is 24.6 Å². The first kappa shape index (κ1) is 20.0. The topological polar surface area (TPSA) is 120 Å². The van der Waals surface area contributed by atoms with Gasteiger partial charge in [-0.25, -0.2) is 0 Å². The van der Waals surface area contributed by atoms with Crippen molar-refractivity contribution in [3.05, 3.63) is 64.2 Å². The molecule has 0 aliphatic carbocycles. The van der Waals surface area contributed by atoms with Crippen LogP contribution < -0.4 is 4.74 Å². The zero-order chi connectivity index (χ0) is 20.4. The van der Waals surface area contributed by atoms with Crippen molar-refractivity contribution in [2.24, 2.45) is 0 Å². The smallest absolute Gasteiger partial charge is 0.228 e. The van der Waals surface area contributed by atoms with Gasteiger partial charge < -0.3 is 24.8 Å². The minimum absolute atomic E-state index is 0.157. The van der Waals surface area contributed by atoms with Crippen LogP contribution in [-0.2, 0) is 4.74 Å². The fourth-order valence-electron chi connectivity index (χ4n) is 3.21. The van der Waals surface area contributed by atoms with Crippen LogP contribution in [0.4, 0.5) is 0 Å². The Morgan fingerprint density at radius 2 is 1.71 bits per heavy atom. The summed E-state index contributed by atoms with van der Waals surface area (Å²) in [7, 11) is 0. The highest BCUT2D eigenvalue weighted by atomic mass is 16.7. The molecule has 4 atom stereocenters. The Labute approximate surface area is 162 Å². The maximum atomic E-state index is 12.9. The third kappa shape index (κ3) is 3.91. The summed E-state index contributed by atoms with van der Waals surface area (Å²) in [5.74, 6) is 0.206. The number of nitriles is 1. The van der Waals surface area contributed by atoms with E-state index in [0.29, 0.717) is 33.6 Å². The molecule has 2 aromatic carbocycles. The van der Waals surface area contributed by atoms with Gasteiger partial charge in [-0.1, -0.05) is 0 Å². The number of rotatable bonds is 4. The van der Waals surface area contributed by atoms with Crippen molar-refractivity contribution in [2.45, 2.75) is 38.4 Å². The molecular weight excluding hydrogens is 362 g/mol. The van der Waals surface area contributed by atoms with Crippen LogP contribution >= 0.6 is 0 Å². The van der Waals surface area contributed by atoms with Gasteiger partial charge in [0.1, 0.15) is 24.1 Å². The molecule has 1 heterocycles. The minimum atomic E-state index is -1.40. The number of aliphatic hydroxyl groups is 3. The first-order chi connectivity index (χ1) is 13.3. The zero-order valence-electron chi connectivity index (χ0n) is 15.5. The van der Waals surface area contributed by atoms with E-state index in [9.17, 15) is 20.1 Å². The molecule has 0 bridgehead atoms. The Balaban J connectivity index is 1.82. The molecule has 1 aliphatic rings. The SMILES string of the molecule is Cc1cc(O[C@@H]2OC[C@@H](O)[C@@H](O)[C@H]2O)cc(C)c1C(=O)c1ccc(C#N)cc1. The van der Waals surface area contributed by atoms with E-state index in [0.717, 1.165) is 0 Å². The summed E-state index contributed by atoms with van der Waals surface area (Å²) in [6.07, 6.45) is -5.06. The number of aryl methyl sites for hydroxylation is 2. The van der Waals surface area contributed by atoms with Crippen molar-refractivity contribution >= 4 is 5.78 Å². The average molecular weight is 383 g/mol. The molecule has 2 aromatic rings. The molecule has 146 valence electrons. The molecule has 7 heteroatoms. The molecule has 1 aliphatic heterocycles. The highest BCUT2D eigenvalue weighted by molar-refractivity contribution is 6.10. The summed E-state index contributed by atoms with van der Waals surface area (Å²) in [6, 6.07) is 11.7. The first-order valence-electron chi connectivity index (χ1n) is 8.80. The molecule has 0 spiro atoms. The number of benzene rings is 2. The van der Waals surface area contributed by atoms with Crippen molar-refractivity contribution in [1.82, 2.24) is 0 Å². The van der Waals surface area contributed by atoms with Crippen molar-refractivity contribution in [2.75, 3.05) is 6.61 Å². The maximum absolute atomic E-state index is 12.9. The minimum Gasteiger partial charge on any atom is -0.462 e. The summed E-state index contributed by atoms with van der Waals surface area (Å²) in [5.41, 5.74) is 2.83. The fourth-order valence-corrected chi connectivity index (χ4v) is 3.21. The van der Waals surface area contributed by atoms with E-state index in [1.807, 2.05) is 6.07 Å². The molecule has 0 amide bonds. The quantitative estimate of drug-likeness (QED) is 0.679. The number of aliphatic hydroxyl groups excluding tert-OH is 3. The monoisotopic (exact) mass is 383 g/mol. The van der Waals surface area contributed by atoms with Gasteiger partial charge >= 0.3 is 0 Å². The second-order valence-corrected chi connectivity index (χ2v) is 6.82. The lowest BCUT2D eigenvalue weighted by Gasteiger charge is -2.35. The van der Waals surface area contributed by atoms with E-state index in [1.165, 1.54) is 0 Å². The third-order valence-electron chi connectivity index (χ3n) is 4.72. The first-order valence-corrected chi connectivity index (χ1v) is 8.80. The predicted molar refractivity (Wildman–Crippen MR) is 98.9 cm³/mol. The van der Waals surface area contributed by atoms with Gasteiger partial charge in [-0.05, 0) is 61.4 Å². The molecule has 0 unspecified atom stereocenters. The van der Waals surface area contributed by atoms with Crippen LogP contribution in [-0.4, -0.2) is 52.3 Å². The molecule has 1 saturated heterocycles. The Morgan fingerprint density at radius 1 is 1.11 bits per heavy atom. The van der Waals surface area contributed by atoms with E-state index in [2.05, 4.69) is 0 Å². The number of nitrogens with zero attached hydrogens (tertiary/aromatic N) is 1. The second-order valence-electron chi connectivity index (χ2n) is 6.82. The third-order valence-corrected chi connectivity index (χ3v) is 4.72. The molecule has 7 nitrogen and oxygen atoms in total. The Hall–Kier alpha value is -2.76. The van der Waals surface area contributed by atoms with Gasteiger partial charge in [0.05, 0.1) is 18.2 Å². The molecule has 28 heavy (non-hydrogen) atoms. The second kappa shape index (κ2) is 8.09. The number of carbonyl (C=O) groups excluding carboxylic acids is 1. The number of carbonyl (C=O) groups is 1. The summed E-state index contributed by atoms with van der Waals surface area (Å²) in [4.78, 5) is 12.9. The van der Waals surface area contributed by atoms with E-state index >= 15 is 0 Å². The number of ketones is 1. The normalized spacial score (nSPS) is 24.4. The summed E-state index contributed by atoms with van der Waals surface area (Å²) in [6.45, 7) is 3.39. The predicted octanol–water partition coefficient (Wildman–Crippen LogP) is 1.22. The van der Waals surface area contributed by atoms with Gasteiger partial charge in [0.15, 0.2) is 5.78 Å². The molecule has 3 N–H and O–H groups in total. The number of hydrogen-bond donors (Lipinski definition) is 3. The van der Waals surface area contributed by atoms with Crippen LogP contribution in [0.1, 0.15) is 32.6 Å². The Morgan fingerprint density at radius 3 is 2.29 bits per heavy atom. The lowest BCUT2D eigenvalue weighted by Crippen LogP contribution is -2.54. The molecule has 3 rings (SSSR count). The van der Waals surface area contributed by atoms with Crippen LogP contribution in [0.25, 0.3) is 0 Å². The van der Waals surface area contributed by atoms with Gasteiger partial charge in [0, 0.05) is 11.1 Å². The zero-order valence-corrected chi connectivity index (χ0v) is 15.5. The van der Waals surface area contributed by atoms with Crippen LogP contribution in [0, 0.1) is 25.2 Å². The molecular formula is C21H21NO6. The number of hydrogen-bond acceptors (Lipinski definition) is 7. The lowest BCUT2D eigenvalue weighted by molar-refractivity contribution is -0.242. The largest absolute Gasteiger partial charge is 0.462 e. The molecule has 0 radical (unpaired) electrons. The summed E-state index contributed by atoms with van der Waals surface area (Å²) in [5, 5.41) is 38.2. The van der Waals surface area contributed by atoms with Crippen molar-refractivity contribution in [3.63, 3.8) is 0 Å². The summed E-state index contributed by atoms with van der Waals surface area (Å²) < 4.78 is 10.9. The highest BCUT2D eigenvalue weighted by Crippen LogP contribution is 2.27. The van der Waals surface area contributed by atoms with E-state index in [-0.39, 0.29) is 12.4 Å². The fraction of sp³-hybridized carbons (Fsp3) is 0.333. The van der Waals surface area contributed by atoms with Gasteiger partial charge in [-0.2, -0.15) is 5.26 Å². The maximum Gasteiger partial charge on any atom is 0.228 e. The summed E-state index contributed by atoms with van der Waals surface area (Å²) >= 11 is 0. The van der Waals surface area contributed by atoms with E-state index in [4.69, 9.17) is 14.7 Å². The average Bonchev–Trinajstić information content (AvgIpc) is 2.68. The van der Waals surface area contributed by atoms with Gasteiger partial charge in [0.25, 0.3) is 0 Å². The van der Waals surface area contributed by atoms with E-state index in [1.54, 1.807) is 50.2 Å². The van der Waals surface area contributed by atoms with Crippen molar-refractivity contribution < 1.29 is 29.6 Å². The van der Waals surface area contributed by atoms with Crippen LogP contribution in [0.2, 0.25) is 0 Å². The van der Waals surface area contributed by atoms with Crippen molar-refractivity contribution in [1.29, 1.82) is 5.26 Å². The van der Waals surface area contributed by atoms with Gasteiger partial charge in [-0.15, -0.1) is 0 Å². The van der Waals surface area contributed by atoms with Crippen LogP contribution in [0.15, 0.2) is 36.4 Å². The van der Waals surface area contributed by atoms with Crippen LogP contribution in [0.3, 0.4) is 0 Å². The standard InChI is InChI=1S/C21H21NO6/c1-11-7-15(28-21-20(26)19(25)16(23)10-27-21)8-12(2)17(11)18(24)14-5-3-13(9-22)4-6-14/h3-8,16,19-21,23,25-26H,10H2,1-2H3/t16-,19-,20-,21+/m1/s1. The van der Waals surface area contributed by atoms with Crippen LogP contribution in [0.5, 0.6) is 5.75 Å². The lowest BCUT2D eigenvalue weighted by atomic mass is 9.94. The number of ether oxygens (including phenoxy) is 2. The van der Waals surface area contributed by atoms with Gasteiger partial charge in [0.2, 0.25) is 6.29 Å². The Kier molecular flexibility index (Phi) is 5.77.